The lowest BCUT2D eigenvalue weighted by Gasteiger charge is -2.24. The number of hydrogen-bond donors (Lipinski definition) is 1. The Bertz CT molecular complexity index is 234. The maximum absolute atomic E-state index is 11.6. The Balaban J connectivity index is 2.46. The normalized spacial score (nSPS) is 15.6. The molecule has 1 saturated carbocycles. The van der Waals surface area contributed by atoms with Crippen molar-refractivity contribution in [2.75, 3.05) is 6.54 Å². The highest BCUT2D eigenvalue weighted by molar-refractivity contribution is 5.81. The average molecular weight is 199 g/mol. The van der Waals surface area contributed by atoms with Crippen molar-refractivity contribution in [2.45, 2.75) is 39.2 Å². The van der Waals surface area contributed by atoms with Gasteiger partial charge in [0.2, 0.25) is 5.91 Å². The molecule has 0 radical (unpaired) electrons. The van der Waals surface area contributed by atoms with E-state index >= 15 is 0 Å². The minimum atomic E-state index is -0.942. The molecule has 0 aromatic rings. The maximum atomic E-state index is 11.6. The van der Waals surface area contributed by atoms with Gasteiger partial charge in [-0.2, -0.15) is 0 Å². The zero-order valence-corrected chi connectivity index (χ0v) is 8.69. The van der Waals surface area contributed by atoms with Crippen molar-refractivity contribution >= 4 is 11.9 Å². The predicted molar refractivity (Wildman–Crippen MR) is 51.8 cm³/mol. The number of nitrogens with zero attached hydrogens (tertiary/aromatic N) is 1. The Kier molecular flexibility index (Phi) is 3.49. The van der Waals surface area contributed by atoms with Crippen LogP contribution >= 0.6 is 0 Å². The Hall–Kier alpha value is -1.06. The van der Waals surface area contributed by atoms with Gasteiger partial charge in [-0.3, -0.25) is 9.59 Å². The van der Waals surface area contributed by atoms with Gasteiger partial charge in [0.25, 0.3) is 0 Å². The third kappa shape index (κ3) is 3.36. The van der Waals surface area contributed by atoms with Crippen molar-refractivity contribution in [2.24, 2.45) is 5.92 Å². The van der Waals surface area contributed by atoms with Crippen LogP contribution in [0, 0.1) is 5.92 Å². The first-order chi connectivity index (χ1) is 6.50. The highest BCUT2D eigenvalue weighted by Crippen LogP contribution is 2.33. The first-order valence-electron chi connectivity index (χ1n) is 5.02. The van der Waals surface area contributed by atoms with E-state index in [1.807, 2.05) is 13.8 Å². The molecule has 80 valence electrons. The molecule has 1 rings (SSSR count). The third-order valence-electron chi connectivity index (χ3n) is 2.41. The molecule has 4 nitrogen and oxygen atoms in total. The fraction of sp³-hybridized carbons (Fsp3) is 0.800. The van der Waals surface area contributed by atoms with Gasteiger partial charge in [-0.25, -0.2) is 0 Å². The molecule has 0 aromatic carbocycles. The monoisotopic (exact) mass is 199 g/mol. The van der Waals surface area contributed by atoms with Crippen LogP contribution in [-0.4, -0.2) is 34.5 Å². The van der Waals surface area contributed by atoms with Gasteiger partial charge in [0, 0.05) is 12.5 Å². The highest BCUT2D eigenvalue weighted by atomic mass is 16.4. The molecule has 0 saturated heterocycles. The number of rotatable bonds is 5. The number of aliphatic carboxylic acids is 1. The minimum Gasteiger partial charge on any atom is -0.480 e. The topological polar surface area (TPSA) is 57.6 Å². The Labute approximate surface area is 83.9 Å². The lowest BCUT2D eigenvalue weighted by atomic mass is 10.2. The van der Waals surface area contributed by atoms with Crippen LogP contribution in [0.2, 0.25) is 0 Å². The molecule has 0 aromatic heterocycles. The van der Waals surface area contributed by atoms with Crippen LogP contribution < -0.4 is 0 Å². The fourth-order valence-corrected chi connectivity index (χ4v) is 1.39. The van der Waals surface area contributed by atoms with E-state index in [0.29, 0.717) is 12.3 Å². The van der Waals surface area contributed by atoms with Crippen LogP contribution in [0.5, 0.6) is 0 Å². The minimum absolute atomic E-state index is 0.0232. The van der Waals surface area contributed by atoms with E-state index in [1.54, 1.807) is 0 Å². The number of carboxylic acid groups (broad SMARTS) is 1. The van der Waals surface area contributed by atoms with Gasteiger partial charge in [-0.15, -0.1) is 0 Å². The molecule has 14 heavy (non-hydrogen) atoms. The molecular weight excluding hydrogens is 182 g/mol. The Morgan fingerprint density at radius 1 is 1.43 bits per heavy atom. The lowest BCUT2D eigenvalue weighted by molar-refractivity contribution is -0.145. The molecule has 0 aliphatic heterocycles. The van der Waals surface area contributed by atoms with Crippen molar-refractivity contribution < 1.29 is 14.7 Å². The van der Waals surface area contributed by atoms with Crippen molar-refractivity contribution in [3.63, 3.8) is 0 Å². The van der Waals surface area contributed by atoms with Gasteiger partial charge in [0.1, 0.15) is 6.54 Å². The van der Waals surface area contributed by atoms with Gasteiger partial charge in [-0.05, 0) is 32.6 Å². The van der Waals surface area contributed by atoms with Crippen LogP contribution in [-0.2, 0) is 9.59 Å². The van der Waals surface area contributed by atoms with E-state index in [0.717, 1.165) is 12.8 Å². The summed E-state index contributed by atoms with van der Waals surface area (Å²) in [6.45, 7) is 3.50. The molecular formula is C10H17NO3. The molecule has 0 atom stereocenters. The smallest absolute Gasteiger partial charge is 0.323 e. The van der Waals surface area contributed by atoms with E-state index in [2.05, 4.69) is 0 Å². The number of amides is 1. The second-order valence-electron chi connectivity index (χ2n) is 4.16. The summed E-state index contributed by atoms with van der Waals surface area (Å²) in [6, 6.07) is -0.0302. The van der Waals surface area contributed by atoms with E-state index in [1.165, 1.54) is 4.90 Å². The molecule has 1 amide bonds. The van der Waals surface area contributed by atoms with Crippen molar-refractivity contribution in [1.82, 2.24) is 4.90 Å². The molecule has 0 unspecified atom stereocenters. The SMILES string of the molecule is CC(C)N(CC(=O)O)C(=O)CC1CC1. The third-order valence-corrected chi connectivity index (χ3v) is 2.41. The zero-order chi connectivity index (χ0) is 10.7. The zero-order valence-electron chi connectivity index (χ0n) is 8.69. The summed E-state index contributed by atoms with van der Waals surface area (Å²) in [4.78, 5) is 23.6. The van der Waals surface area contributed by atoms with E-state index in [-0.39, 0.29) is 18.5 Å². The van der Waals surface area contributed by atoms with Crippen LogP contribution in [0.4, 0.5) is 0 Å². The second kappa shape index (κ2) is 4.44. The quantitative estimate of drug-likeness (QED) is 0.721. The number of carbonyl (C=O) groups is 2. The van der Waals surface area contributed by atoms with E-state index < -0.39 is 5.97 Å². The van der Waals surface area contributed by atoms with E-state index in [4.69, 9.17) is 5.11 Å². The number of carbonyl (C=O) groups excluding carboxylic acids is 1. The lowest BCUT2D eigenvalue weighted by Crippen LogP contribution is -2.40. The second-order valence-corrected chi connectivity index (χ2v) is 4.16. The molecule has 1 N–H and O–H groups in total. The largest absolute Gasteiger partial charge is 0.480 e. The summed E-state index contributed by atoms with van der Waals surface area (Å²) >= 11 is 0. The first-order valence-corrected chi connectivity index (χ1v) is 5.02. The summed E-state index contributed by atoms with van der Waals surface area (Å²) < 4.78 is 0. The summed E-state index contributed by atoms with van der Waals surface area (Å²) in [5.41, 5.74) is 0. The number of hydrogen-bond acceptors (Lipinski definition) is 2. The molecule has 1 aliphatic rings. The predicted octanol–water partition coefficient (Wildman–Crippen LogP) is 1.11. The van der Waals surface area contributed by atoms with Gasteiger partial charge < -0.3 is 10.0 Å². The van der Waals surface area contributed by atoms with Crippen LogP contribution in [0.15, 0.2) is 0 Å². The molecule has 1 aliphatic carbocycles. The van der Waals surface area contributed by atoms with Crippen molar-refractivity contribution in [1.29, 1.82) is 0 Å². The fourth-order valence-electron chi connectivity index (χ4n) is 1.39. The summed E-state index contributed by atoms with van der Waals surface area (Å²) in [6.07, 6.45) is 2.75. The highest BCUT2D eigenvalue weighted by Gasteiger charge is 2.28. The molecule has 0 spiro atoms. The van der Waals surface area contributed by atoms with E-state index in [9.17, 15) is 9.59 Å². The maximum Gasteiger partial charge on any atom is 0.323 e. The van der Waals surface area contributed by atoms with Crippen molar-refractivity contribution in [3.8, 4) is 0 Å². The Morgan fingerprint density at radius 2 is 2.00 bits per heavy atom. The standard InChI is InChI=1S/C10H17NO3/c1-7(2)11(6-10(13)14)9(12)5-8-3-4-8/h7-8H,3-6H2,1-2H3,(H,13,14). The molecule has 0 bridgehead atoms. The number of carboxylic acids is 1. The molecule has 4 heteroatoms. The average Bonchev–Trinajstić information content (AvgIpc) is 2.82. The molecule has 0 heterocycles. The Morgan fingerprint density at radius 3 is 2.36 bits per heavy atom. The summed E-state index contributed by atoms with van der Waals surface area (Å²) in [5.74, 6) is -0.453. The van der Waals surface area contributed by atoms with Gasteiger partial charge in [-0.1, -0.05) is 0 Å². The van der Waals surface area contributed by atoms with Gasteiger partial charge in [0.15, 0.2) is 0 Å². The van der Waals surface area contributed by atoms with Crippen LogP contribution in [0.3, 0.4) is 0 Å². The van der Waals surface area contributed by atoms with Crippen LogP contribution in [0.1, 0.15) is 33.1 Å². The summed E-state index contributed by atoms with van der Waals surface area (Å²) in [5, 5.41) is 8.64. The first kappa shape index (κ1) is 11.0. The summed E-state index contributed by atoms with van der Waals surface area (Å²) in [7, 11) is 0. The van der Waals surface area contributed by atoms with Gasteiger partial charge >= 0.3 is 5.97 Å². The van der Waals surface area contributed by atoms with Gasteiger partial charge in [0.05, 0.1) is 0 Å². The molecule has 1 fully saturated rings. The van der Waals surface area contributed by atoms with Crippen molar-refractivity contribution in [3.05, 3.63) is 0 Å². The van der Waals surface area contributed by atoms with Crippen LogP contribution in [0.25, 0.3) is 0 Å².